The number of aromatic nitrogens is 5. The molecule has 15 nitrogen and oxygen atoms in total. The van der Waals surface area contributed by atoms with Crippen LogP contribution >= 0.6 is 0 Å². The molecular weight excluding hydrogens is 878 g/mol. The second kappa shape index (κ2) is 19.9. The van der Waals surface area contributed by atoms with Crippen molar-refractivity contribution in [2.75, 3.05) is 44.2 Å². The Morgan fingerprint density at radius 3 is 2.35 bits per heavy atom. The number of piperidine rings is 1. The molecular formula is C50H55F3N10O5. The van der Waals surface area contributed by atoms with E-state index in [0.717, 1.165) is 78.2 Å². The number of likely N-dealkylation sites (tertiary alicyclic amines) is 1. The van der Waals surface area contributed by atoms with Gasteiger partial charge in [0.05, 0.1) is 29.5 Å². The van der Waals surface area contributed by atoms with E-state index in [-0.39, 0.29) is 42.4 Å². The summed E-state index contributed by atoms with van der Waals surface area (Å²) in [6, 6.07) is 22.7. The largest absolute Gasteiger partial charge is 0.418 e. The minimum atomic E-state index is -4.66. The maximum absolute atomic E-state index is 14.5. The zero-order chi connectivity index (χ0) is 47.5. The number of imide groups is 1. The fraction of sp³-hybridized carbons (Fsp3) is 0.400. The van der Waals surface area contributed by atoms with E-state index >= 15 is 0 Å². The number of nitrogens with one attached hydrogen (secondary N) is 1. The molecule has 3 aromatic heterocycles. The van der Waals surface area contributed by atoms with Crippen molar-refractivity contribution in [3.05, 3.63) is 147 Å². The predicted octanol–water partition coefficient (Wildman–Crippen LogP) is 5.73. The summed E-state index contributed by atoms with van der Waals surface area (Å²) in [4.78, 5) is 57.9. The number of rotatable bonds is 16. The van der Waals surface area contributed by atoms with E-state index in [9.17, 15) is 32.3 Å². The third-order valence-corrected chi connectivity index (χ3v) is 13.5. The van der Waals surface area contributed by atoms with Gasteiger partial charge in [0.15, 0.2) is 0 Å². The lowest BCUT2D eigenvalue weighted by molar-refractivity contribution is -0.136. The number of anilines is 1. The smallest absolute Gasteiger partial charge is 0.373 e. The number of benzene rings is 3. The highest BCUT2D eigenvalue weighted by molar-refractivity contribution is 5.99. The first-order chi connectivity index (χ1) is 32.8. The summed E-state index contributed by atoms with van der Waals surface area (Å²) in [7, 11) is 1.83. The molecule has 9 rings (SSSR count). The van der Waals surface area contributed by atoms with Crippen molar-refractivity contribution >= 4 is 29.4 Å². The number of imidazole rings is 1. The second-order valence-corrected chi connectivity index (χ2v) is 18.2. The highest BCUT2D eigenvalue weighted by atomic mass is 19.4. The number of nitrogens with zero attached hydrogens (tertiary/aromatic N) is 9. The number of carbonyl (C=O) groups excluding carboxylic acids is 3. The quantitative estimate of drug-likeness (QED) is 0.120. The number of hydrogen-bond donors (Lipinski definition) is 1. The molecule has 68 heavy (non-hydrogen) atoms. The van der Waals surface area contributed by atoms with Crippen molar-refractivity contribution in [2.45, 2.75) is 83.6 Å². The summed E-state index contributed by atoms with van der Waals surface area (Å²) in [6.45, 7) is 8.75. The van der Waals surface area contributed by atoms with E-state index in [1.807, 2.05) is 32.2 Å². The molecule has 1 atom stereocenters. The summed E-state index contributed by atoms with van der Waals surface area (Å²) in [6.07, 6.45) is 2.69. The van der Waals surface area contributed by atoms with Gasteiger partial charge >= 0.3 is 11.9 Å². The summed E-state index contributed by atoms with van der Waals surface area (Å²) in [5.74, 6) is 0.335. The van der Waals surface area contributed by atoms with Crippen LogP contribution in [0.1, 0.15) is 82.2 Å². The lowest BCUT2D eigenvalue weighted by Gasteiger charge is -2.36. The maximum atomic E-state index is 14.5. The average Bonchev–Trinajstić information content (AvgIpc) is 4.01. The van der Waals surface area contributed by atoms with Gasteiger partial charge in [-0.05, 0) is 90.4 Å². The number of fused-ring (bicyclic) bond motifs is 2. The van der Waals surface area contributed by atoms with E-state index in [2.05, 4.69) is 60.5 Å². The van der Waals surface area contributed by atoms with Gasteiger partial charge in [0.1, 0.15) is 12.2 Å². The average molecular weight is 933 g/mol. The number of carbonyl (C=O) groups is 3. The molecule has 3 amide bonds. The third-order valence-electron chi connectivity index (χ3n) is 13.5. The van der Waals surface area contributed by atoms with Gasteiger partial charge in [0.25, 0.3) is 5.91 Å². The molecule has 3 aliphatic heterocycles. The SMILES string of the molecule is CC(CCC(=O)NC=O)N1Cc2cc(N3CCN(Cc4cccc(COC5CCN(Cc6cc(C(F)(F)F)c7cn(-c8cccc(Cc9nncn9C)c8)c(=O)n7c6)CC5)c4)CC3)ccc2C1=O. The van der Waals surface area contributed by atoms with Gasteiger partial charge in [0.2, 0.25) is 12.3 Å². The lowest BCUT2D eigenvalue weighted by Crippen LogP contribution is -2.46. The fourth-order valence-electron chi connectivity index (χ4n) is 9.67. The predicted molar refractivity (Wildman–Crippen MR) is 248 cm³/mol. The zero-order valence-corrected chi connectivity index (χ0v) is 38.2. The van der Waals surface area contributed by atoms with Crippen LogP contribution in [0.5, 0.6) is 0 Å². The number of halogens is 3. The second-order valence-electron chi connectivity index (χ2n) is 18.2. The molecule has 6 aromatic rings. The van der Waals surface area contributed by atoms with Gasteiger partial charge in [-0.25, -0.2) is 4.79 Å². The molecule has 1 N–H and O–H groups in total. The maximum Gasteiger partial charge on any atom is 0.418 e. The number of aryl methyl sites for hydroxylation is 1. The number of amides is 3. The van der Waals surface area contributed by atoms with Crippen molar-refractivity contribution in [1.29, 1.82) is 0 Å². The van der Waals surface area contributed by atoms with Crippen LogP contribution in [0.25, 0.3) is 11.2 Å². The third kappa shape index (κ3) is 10.4. The molecule has 0 spiro atoms. The number of alkyl halides is 3. The molecule has 2 fully saturated rings. The van der Waals surface area contributed by atoms with E-state index in [4.69, 9.17) is 4.74 Å². The lowest BCUT2D eigenvalue weighted by atomic mass is 10.1. The molecule has 3 aliphatic rings. The van der Waals surface area contributed by atoms with Gasteiger partial charge in [-0.1, -0.05) is 36.4 Å². The van der Waals surface area contributed by atoms with E-state index in [1.165, 1.54) is 28.6 Å². The molecule has 18 heteroatoms. The number of pyridine rings is 1. The van der Waals surface area contributed by atoms with Gasteiger partial charge in [-0.3, -0.25) is 38.5 Å². The van der Waals surface area contributed by atoms with Gasteiger partial charge in [0, 0.05) is 108 Å². The number of hydrogen-bond acceptors (Lipinski definition) is 10. The molecule has 0 saturated carbocycles. The Labute approximate surface area is 391 Å². The summed E-state index contributed by atoms with van der Waals surface area (Å²) >= 11 is 0. The highest BCUT2D eigenvalue weighted by Crippen LogP contribution is 2.34. The van der Waals surface area contributed by atoms with Crippen LogP contribution in [0.2, 0.25) is 0 Å². The zero-order valence-electron chi connectivity index (χ0n) is 38.2. The van der Waals surface area contributed by atoms with Gasteiger partial charge in [-0.2, -0.15) is 13.2 Å². The summed E-state index contributed by atoms with van der Waals surface area (Å²) < 4.78 is 54.2. The van der Waals surface area contributed by atoms with Crippen LogP contribution in [-0.2, 0) is 60.2 Å². The minimum Gasteiger partial charge on any atom is -0.373 e. The first kappa shape index (κ1) is 46.5. The van der Waals surface area contributed by atoms with E-state index in [1.54, 1.807) is 34.0 Å². The Balaban J connectivity index is 0.750. The standard InChI is InChI=1S/C50H55F3N10O5/c1-34(9-12-47(65)54-33-64)61-29-39-25-40(10-11-43(39)48(61)66)60-19-17-59(18-20-60)26-36-6-3-7-37(21-36)31-68-42-13-15-58(16-14-42)27-38-23-44(50(51,52)53)45-30-62(49(67)63(45)28-38)41-8-4-5-35(22-41)24-46-56-55-32-57(46)2/h3-8,10-11,21-23,25,28,30,32-34,42H,9,12-20,24,26-27,29,31H2,1-2H3,(H,54,64,65). The molecule has 0 bridgehead atoms. The van der Waals surface area contributed by atoms with Crippen LogP contribution in [0, 0.1) is 0 Å². The Bertz CT molecular complexity index is 2860. The highest BCUT2D eigenvalue weighted by Gasteiger charge is 2.35. The van der Waals surface area contributed by atoms with Crippen LogP contribution in [0.3, 0.4) is 0 Å². The molecule has 0 radical (unpaired) electrons. The van der Waals surface area contributed by atoms with Crippen molar-refractivity contribution in [2.24, 2.45) is 7.05 Å². The van der Waals surface area contributed by atoms with Crippen LogP contribution in [-0.4, -0.2) is 108 Å². The van der Waals surface area contributed by atoms with Crippen LogP contribution < -0.4 is 15.9 Å². The molecule has 356 valence electrons. The van der Waals surface area contributed by atoms with Crippen molar-refractivity contribution in [3.63, 3.8) is 0 Å². The van der Waals surface area contributed by atoms with Gasteiger partial charge < -0.3 is 19.1 Å². The molecule has 0 aliphatic carbocycles. The Morgan fingerprint density at radius 1 is 0.868 bits per heavy atom. The van der Waals surface area contributed by atoms with Crippen molar-refractivity contribution in [3.8, 4) is 5.69 Å². The first-order valence-corrected chi connectivity index (χ1v) is 23.1. The Kier molecular flexibility index (Phi) is 13.6. The number of ether oxygens (including phenoxy) is 1. The van der Waals surface area contributed by atoms with Crippen LogP contribution in [0.4, 0.5) is 18.9 Å². The van der Waals surface area contributed by atoms with Crippen LogP contribution in [0.15, 0.2) is 96.3 Å². The first-order valence-electron chi connectivity index (χ1n) is 23.1. The monoisotopic (exact) mass is 932 g/mol. The fourth-order valence-corrected chi connectivity index (χ4v) is 9.67. The topological polar surface area (TPSA) is 143 Å². The molecule has 6 heterocycles. The normalized spacial score (nSPS) is 16.7. The number of piperazine rings is 1. The molecule has 3 aromatic carbocycles. The van der Waals surface area contributed by atoms with Gasteiger partial charge in [-0.15, -0.1) is 10.2 Å². The summed E-state index contributed by atoms with van der Waals surface area (Å²) in [5, 5.41) is 10.2. The van der Waals surface area contributed by atoms with E-state index in [0.29, 0.717) is 62.3 Å². The van der Waals surface area contributed by atoms with Crippen molar-refractivity contribution < 1.29 is 32.3 Å². The summed E-state index contributed by atoms with van der Waals surface area (Å²) in [5.41, 5.74) is 5.17. The Hall–Kier alpha value is -6.63. The van der Waals surface area contributed by atoms with Crippen molar-refractivity contribution in [1.82, 2.24) is 43.7 Å². The minimum absolute atomic E-state index is 0.0172. The molecule has 1 unspecified atom stereocenters. The molecule has 2 saturated heterocycles. The Morgan fingerprint density at radius 2 is 1.60 bits per heavy atom. The van der Waals surface area contributed by atoms with E-state index < -0.39 is 17.4 Å².